The summed E-state index contributed by atoms with van der Waals surface area (Å²) in [6, 6.07) is 12.5. The van der Waals surface area contributed by atoms with Crippen molar-refractivity contribution in [1.29, 1.82) is 0 Å². The summed E-state index contributed by atoms with van der Waals surface area (Å²) >= 11 is 5.49. The molecule has 3 heterocycles. The van der Waals surface area contributed by atoms with Crippen molar-refractivity contribution in [2.75, 3.05) is 11.5 Å². The van der Waals surface area contributed by atoms with Crippen LogP contribution < -0.4 is 9.77 Å². The molecule has 190 valence electrons. The molecule has 37 heavy (non-hydrogen) atoms. The number of carbonyl (C=O) groups excluding carboxylic acids is 3. The zero-order valence-corrected chi connectivity index (χ0v) is 22.4. The first-order valence-electron chi connectivity index (χ1n) is 11.1. The van der Waals surface area contributed by atoms with Gasteiger partial charge in [-0.3, -0.25) is 33.9 Å². The van der Waals surface area contributed by atoms with E-state index >= 15 is 0 Å². The number of rotatable bonds is 6. The molecule has 2 unspecified atom stereocenters. The van der Waals surface area contributed by atoms with E-state index in [1.165, 1.54) is 28.8 Å². The lowest BCUT2D eigenvalue weighted by atomic mass is 9.83. The minimum Gasteiger partial charge on any atom is -0.465 e. The van der Waals surface area contributed by atoms with Crippen LogP contribution in [0.1, 0.15) is 23.3 Å². The predicted octanol–water partition coefficient (Wildman–Crippen LogP) is 3.94. The Morgan fingerprint density at radius 3 is 2.51 bits per heavy atom. The van der Waals surface area contributed by atoms with Gasteiger partial charge in [-0.1, -0.05) is 51.2 Å². The van der Waals surface area contributed by atoms with Crippen LogP contribution in [0.2, 0.25) is 0 Å². The second-order valence-corrected chi connectivity index (χ2v) is 11.3. The summed E-state index contributed by atoms with van der Waals surface area (Å²) in [5.41, 5.74) is 0.810. The summed E-state index contributed by atoms with van der Waals surface area (Å²) in [6.45, 7) is 1.53. The first-order valence-corrected chi connectivity index (χ1v) is 13.6. The van der Waals surface area contributed by atoms with Crippen LogP contribution >= 0.6 is 39.0 Å². The Hall–Kier alpha value is -3.29. The van der Waals surface area contributed by atoms with Crippen LogP contribution in [0.5, 0.6) is 0 Å². The number of nitrogens with zero attached hydrogens (tertiary/aromatic N) is 3. The molecule has 2 aliphatic heterocycles. The number of fused-ring (bicyclic) bond motifs is 2. The number of ether oxygens (including phenoxy) is 1. The van der Waals surface area contributed by atoms with E-state index in [2.05, 4.69) is 15.9 Å². The third-order valence-corrected chi connectivity index (χ3v) is 9.27. The third kappa shape index (κ3) is 4.40. The number of imide groups is 1. The molecule has 2 aromatic carbocycles. The quantitative estimate of drug-likeness (QED) is 0.179. The molecule has 3 aromatic rings. The maximum atomic E-state index is 13.8. The lowest BCUT2D eigenvalue weighted by molar-refractivity contribution is -0.384. The van der Waals surface area contributed by atoms with E-state index in [9.17, 15) is 29.3 Å². The van der Waals surface area contributed by atoms with Gasteiger partial charge in [0.15, 0.2) is 0 Å². The van der Waals surface area contributed by atoms with Gasteiger partial charge in [0.1, 0.15) is 11.8 Å². The number of aromatic nitrogens is 1. The van der Waals surface area contributed by atoms with Crippen LogP contribution in [0.3, 0.4) is 0 Å². The maximum absolute atomic E-state index is 13.8. The Kier molecular flexibility index (Phi) is 6.77. The zero-order valence-electron chi connectivity index (χ0n) is 19.2. The molecule has 0 aliphatic carbocycles. The Morgan fingerprint density at radius 1 is 1.14 bits per heavy atom. The van der Waals surface area contributed by atoms with Crippen LogP contribution in [-0.2, 0) is 25.7 Å². The minimum atomic E-state index is -0.860. The number of benzene rings is 2. The fraction of sp³-hybridized carbons (Fsp3) is 0.250. The van der Waals surface area contributed by atoms with E-state index in [-0.39, 0.29) is 29.4 Å². The molecule has 3 atom stereocenters. The number of amides is 2. The topological polar surface area (TPSA) is 129 Å². The number of hydrogen-bond acceptors (Lipinski definition) is 9. The molecular weight excluding hydrogens is 586 g/mol. The number of nitro benzene ring substituents is 1. The summed E-state index contributed by atoms with van der Waals surface area (Å²) in [7, 11) is 0. The zero-order chi connectivity index (χ0) is 26.4. The number of thioether (sulfide) groups is 1. The van der Waals surface area contributed by atoms with Crippen molar-refractivity contribution in [1.82, 2.24) is 4.57 Å². The highest BCUT2D eigenvalue weighted by Crippen LogP contribution is 2.54. The van der Waals surface area contributed by atoms with Crippen molar-refractivity contribution in [3.8, 4) is 0 Å². The number of non-ortho nitro benzene ring substituents is 1. The summed E-state index contributed by atoms with van der Waals surface area (Å²) in [5, 5.41) is 10.7. The Balaban J connectivity index is 1.62. The van der Waals surface area contributed by atoms with Gasteiger partial charge in [-0.2, -0.15) is 0 Å². The van der Waals surface area contributed by atoms with Gasteiger partial charge in [0.25, 0.3) is 5.69 Å². The normalized spacial score (nSPS) is 20.5. The average molecular weight is 604 g/mol. The number of anilines is 1. The molecule has 2 aliphatic rings. The lowest BCUT2D eigenvalue weighted by Crippen LogP contribution is -2.32. The molecule has 0 N–H and O–H groups in total. The Bertz CT molecular complexity index is 1500. The fourth-order valence-electron chi connectivity index (χ4n) is 4.63. The molecule has 1 saturated heterocycles. The monoisotopic (exact) mass is 603 g/mol. The third-order valence-electron chi connectivity index (χ3n) is 6.17. The highest BCUT2D eigenvalue weighted by atomic mass is 79.9. The molecule has 5 rings (SSSR count). The van der Waals surface area contributed by atoms with Gasteiger partial charge in [0.2, 0.25) is 11.8 Å². The maximum Gasteiger partial charge on any atom is 0.326 e. The summed E-state index contributed by atoms with van der Waals surface area (Å²) < 4.78 is 7.10. The Morgan fingerprint density at radius 2 is 1.86 bits per heavy atom. The number of hydrogen-bond donors (Lipinski definition) is 0. The molecule has 13 heteroatoms. The van der Waals surface area contributed by atoms with Crippen molar-refractivity contribution in [3.05, 3.63) is 83.2 Å². The van der Waals surface area contributed by atoms with Crippen molar-refractivity contribution < 1.29 is 24.0 Å². The summed E-state index contributed by atoms with van der Waals surface area (Å²) in [4.78, 5) is 64.4. The van der Waals surface area contributed by atoms with Gasteiger partial charge in [-0.25, -0.2) is 4.90 Å². The van der Waals surface area contributed by atoms with Crippen molar-refractivity contribution in [2.24, 2.45) is 5.92 Å². The molecule has 10 nitrogen and oxygen atoms in total. The van der Waals surface area contributed by atoms with E-state index in [0.717, 1.165) is 38.0 Å². The van der Waals surface area contributed by atoms with E-state index in [1.807, 2.05) is 24.3 Å². The number of esters is 1. The molecule has 0 radical (unpaired) electrons. The number of thiazole rings is 1. The van der Waals surface area contributed by atoms with Crippen LogP contribution in [0.25, 0.3) is 0 Å². The summed E-state index contributed by atoms with van der Waals surface area (Å²) in [5.74, 6) is -2.94. The van der Waals surface area contributed by atoms with Gasteiger partial charge in [0.05, 0.1) is 28.2 Å². The predicted molar refractivity (Wildman–Crippen MR) is 140 cm³/mol. The molecule has 0 spiro atoms. The first kappa shape index (κ1) is 25.4. The molecule has 1 aromatic heterocycles. The average Bonchev–Trinajstić information content (AvgIpc) is 3.30. The SMILES string of the molecule is CCOC(=O)Cn1c2c(sc1=O)[C@H](c1cccc(Br)c1)C1C(=O)N(c3ccc([N+](=O)[O-])cc3)C(=O)C1S2. The van der Waals surface area contributed by atoms with Crippen LogP contribution in [0.4, 0.5) is 11.4 Å². The van der Waals surface area contributed by atoms with E-state index in [0.29, 0.717) is 9.90 Å². The standard InChI is InChI=1S/C24H18BrN3O7S2/c1-2-35-16(29)11-26-23-20(37-24(26)32)17(12-4-3-5-13(25)10-12)18-19(36-23)22(31)27(21(18)30)14-6-8-15(9-7-14)28(33)34/h3-10,17-19H,2,11H2,1H3/t17-,18?,19?/m1/s1. The molecule has 0 saturated carbocycles. The molecular formula is C24H18BrN3O7S2. The van der Waals surface area contributed by atoms with Gasteiger partial charge in [-0.05, 0) is 36.8 Å². The second kappa shape index (κ2) is 9.88. The van der Waals surface area contributed by atoms with Gasteiger partial charge < -0.3 is 4.74 Å². The van der Waals surface area contributed by atoms with E-state index < -0.39 is 39.8 Å². The Labute approximate surface area is 226 Å². The van der Waals surface area contributed by atoms with Gasteiger partial charge >= 0.3 is 10.8 Å². The smallest absolute Gasteiger partial charge is 0.326 e. The van der Waals surface area contributed by atoms with Crippen molar-refractivity contribution in [3.63, 3.8) is 0 Å². The van der Waals surface area contributed by atoms with Crippen molar-refractivity contribution in [2.45, 2.75) is 29.7 Å². The molecule has 0 bridgehead atoms. The first-order chi connectivity index (χ1) is 17.7. The summed E-state index contributed by atoms with van der Waals surface area (Å²) in [6.07, 6.45) is 0. The van der Waals surface area contributed by atoms with E-state index in [1.54, 1.807) is 6.92 Å². The van der Waals surface area contributed by atoms with Gasteiger partial charge in [-0.15, -0.1) is 0 Å². The molecule has 1 fully saturated rings. The highest BCUT2D eigenvalue weighted by Gasteiger charge is 2.56. The molecule has 2 amide bonds. The van der Waals surface area contributed by atoms with Gasteiger partial charge in [0, 0.05) is 27.4 Å². The fourth-order valence-corrected chi connectivity index (χ4v) is 7.82. The van der Waals surface area contributed by atoms with Crippen LogP contribution in [0, 0.1) is 16.0 Å². The largest absolute Gasteiger partial charge is 0.465 e. The number of carbonyl (C=O) groups is 3. The number of nitro groups is 1. The van der Waals surface area contributed by atoms with Crippen LogP contribution in [-0.4, -0.2) is 39.1 Å². The van der Waals surface area contributed by atoms with E-state index in [4.69, 9.17) is 4.74 Å². The number of halogens is 1. The van der Waals surface area contributed by atoms with Crippen LogP contribution in [0.15, 0.2) is 62.8 Å². The minimum absolute atomic E-state index is 0.160. The lowest BCUT2D eigenvalue weighted by Gasteiger charge is -2.30. The van der Waals surface area contributed by atoms with Crippen molar-refractivity contribution >= 4 is 68.2 Å². The second-order valence-electron chi connectivity index (χ2n) is 8.31. The highest BCUT2D eigenvalue weighted by molar-refractivity contribution is 9.10.